The quantitative estimate of drug-likeness (QED) is 0.383. The van der Waals surface area contributed by atoms with E-state index in [1.165, 1.54) is 19.3 Å². The second-order valence-corrected chi connectivity index (χ2v) is 3.09. The molecular weight excluding hydrogens is 118 g/mol. The van der Waals surface area contributed by atoms with Gasteiger partial charge in [-0.05, 0) is 37.4 Å². The molecule has 0 unspecified atom stereocenters. The monoisotopic (exact) mass is 125 g/mol. The van der Waals surface area contributed by atoms with Crippen LogP contribution in [-0.2, 0) is 0 Å². The van der Waals surface area contributed by atoms with E-state index in [0.717, 1.165) is 5.92 Å². The summed E-state index contributed by atoms with van der Waals surface area (Å²) in [6.07, 6.45) is 3.86. The van der Waals surface area contributed by atoms with Gasteiger partial charge in [-0.25, -0.2) is 4.99 Å². The molecule has 0 amide bonds. The molecule has 0 saturated heterocycles. The molecule has 0 atom stereocenters. The van der Waals surface area contributed by atoms with Crippen molar-refractivity contribution >= 4 is 17.4 Å². The smallest absolute Gasteiger partial charge is 0.0719 e. The first-order valence-electron chi connectivity index (χ1n) is 2.94. The van der Waals surface area contributed by atoms with Crippen molar-refractivity contribution in [2.45, 2.75) is 24.8 Å². The van der Waals surface area contributed by atoms with Crippen LogP contribution < -0.4 is 0 Å². The Hall–Kier alpha value is -0.200. The second-order valence-electron chi connectivity index (χ2n) is 2.91. The summed E-state index contributed by atoms with van der Waals surface area (Å²) in [6.45, 7) is 0. The van der Waals surface area contributed by atoms with Gasteiger partial charge in [0.1, 0.15) is 0 Å². The number of aliphatic imine (C=N–C) groups is 1. The molecule has 3 saturated carbocycles. The molecule has 2 heteroatoms. The normalized spacial score (nSPS) is 48.2. The summed E-state index contributed by atoms with van der Waals surface area (Å²) in [6, 6.07) is 0. The fourth-order valence-corrected chi connectivity index (χ4v) is 1.86. The number of thiocarbonyl (C=S) groups is 1. The van der Waals surface area contributed by atoms with Crippen LogP contribution in [-0.4, -0.2) is 10.7 Å². The highest BCUT2D eigenvalue weighted by Crippen LogP contribution is 2.59. The van der Waals surface area contributed by atoms with Gasteiger partial charge in [-0.2, -0.15) is 0 Å². The number of hydrogen-bond donors (Lipinski definition) is 0. The fourth-order valence-electron chi connectivity index (χ4n) is 1.67. The van der Waals surface area contributed by atoms with Crippen LogP contribution >= 0.6 is 12.2 Å². The predicted octanol–water partition coefficient (Wildman–Crippen LogP) is 1.64. The van der Waals surface area contributed by atoms with E-state index >= 15 is 0 Å². The molecule has 0 aliphatic heterocycles. The van der Waals surface area contributed by atoms with Gasteiger partial charge < -0.3 is 0 Å². The molecule has 0 N–H and O–H groups in total. The Morgan fingerprint density at radius 3 is 2.25 bits per heavy atom. The van der Waals surface area contributed by atoms with Crippen molar-refractivity contribution in [1.82, 2.24) is 0 Å². The molecule has 0 heterocycles. The first-order valence-corrected chi connectivity index (χ1v) is 3.34. The average molecular weight is 125 g/mol. The van der Waals surface area contributed by atoms with E-state index in [1.54, 1.807) is 0 Å². The summed E-state index contributed by atoms with van der Waals surface area (Å²) in [5, 5.41) is 2.46. The van der Waals surface area contributed by atoms with E-state index in [-0.39, 0.29) is 0 Å². The summed E-state index contributed by atoms with van der Waals surface area (Å²) in [5.41, 5.74) is 0.326. The molecule has 8 heavy (non-hydrogen) atoms. The maximum atomic E-state index is 4.51. The molecule has 1 nitrogen and oxygen atoms in total. The highest BCUT2D eigenvalue weighted by Gasteiger charge is 2.56. The number of isothiocyanates is 1. The lowest BCUT2D eigenvalue weighted by molar-refractivity contribution is -0.0138. The van der Waals surface area contributed by atoms with Crippen LogP contribution in [0.5, 0.6) is 0 Å². The van der Waals surface area contributed by atoms with E-state index in [0.29, 0.717) is 5.54 Å². The third-order valence-corrected chi connectivity index (χ3v) is 2.38. The first kappa shape index (κ1) is 4.66. The van der Waals surface area contributed by atoms with Crippen LogP contribution in [0, 0.1) is 5.92 Å². The summed E-state index contributed by atoms with van der Waals surface area (Å²) >= 11 is 4.51. The SMILES string of the molecule is S=C=NC12CC(C1)C2. The van der Waals surface area contributed by atoms with E-state index in [2.05, 4.69) is 22.4 Å². The lowest BCUT2D eigenvalue weighted by atomic mass is 9.50. The van der Waals surface area contributed by atoms with Gasteiger partial charge in [0.15, 0.2) is 0 Å². The predicted molar refractivity (Wildman–Crippen MR) is 35.1 cm³/mol. The van der Waals surface area contributed by atoms with Crippen LogP contribution in [0.25, 0.3) is 0 Å². The van der Waals surface area contributed by atoms with Gasteiger partial charge in [0.05, 0.1) is 10.7 Å². The van der Waals surface area contributed by atoms with Gasteiger partial charge >= 0.3 is 0 Å². The molecule has 42 valence electrons. The minimum atomic E-state index is 0.326. The van der Waals surface area contributed by atoms with Crippen LogP contribution in [0.2, 0.25) is 0 Å². The molecule has 0 aromatic heterocycles. The molecule has 0 aromatic rings. The Morgan fingerprint density at radius 1 is 1.50 bits per heavy atom. The maximum Gasteiger partial charge on any atom is 0.0719 e. The number of hydrogen-bond acceptors (Lipinski definition) is 2. The van der Waals surface area contributed by atoms with Gasteiger partial charge in [-0.3, -0.25) is 0 Å². The number of nitrogens with zero attached hydrogens (tertiary/aromatic N) is 1. The molecule has 3 aliphatic rings. The zero-order valence-electron chi connectivity index (χ0n) is 4.55. The second kappa shape index (κ2) is 1.20. The lowest BCUT2D eigenvalue weighted by Gasteiger charge is -2.58. The van der Waals surface area contributed by atoms with E-state index in [9.17, 15) is 0 Å². The van der Waals surface area contributed by atoms with E-state index in [4.69, 9.17) is 0 Å². The van der Waals surface area contributed by atoms with Crippen molar-refractivity contribution in [1.29, 1.82) is 0 Å². The van der Waals surface area contributed by atoms with Crippen LogP contribution in [0.3, 0.4) is 0 Å². The van der Waals surface area contributed by atoms with Crippen LogP contribution in [0.4, 0.5) is 0 Å². The van der Waals surface area contributed by atoms with Crippen LogP contribution in [0.1, 0.15) is 19.3 Å². The topological polar surface area (TPSA) is 12.4 Å². The zero-order valence-corrected chi connectivity index (χ0v) is 5.37. The summed E-state index contributed by atoms with van der Waals surface area (Å²) in [5.74, 6) is 1.00. The Kier molecular flexibility index (Phi) is 0.699. The van der Waals surface area contributed by atoms with Crippen molar-refractivity contribution in [3.63, 3.8) is 0 Å². The molecule has 2 bridgehead atoms. The van der Waals surface area contributed by atoms with Crippen LogP contribution in [0.15, 0.2) is 4.99 Å². The first-order chi connectivity index (χ1) is 3.85. The Labute approximate surface area is 53.8 Å². The van der Waals surface area contributed by atoms with Crippen molar-refractivity contribution < 1.29 is 0 Å². The van der Waals surface area contributed by atoms with Crippen molar-refractivity contribution in [2.75, 3.05) is 0 Å². The summed E-state index contributed by atoms with van der Waals surface area (Å²) < 4.78 is 0. The van der Waals surface area contributed by atoms with Gasteiger partial charge in [0.2, 0.25) is 0 Å². The van der Waals surface area contributed by atoms with E-state index < -0.39 is 0 Å². The Bertz CT molecular complexity index is 152. The molecule has 3 aliphatic carbocycles. The summed E-state index contributed by atoms with van der Waals surface area (Å²) in [4.78, 5) is 4.09. The van der Waals surface area contributed by atoms with E-state index in [1.807, 2.05) is 0 Å². The average Bonchev–Trinajstić information content (AvgIpc) is 1.50. The molecule has 3 rings (SSSR count). The van der Waals surface area contributed by atoms with Crippen molar-refractivity contribution in [3.8, 4) is 0 Å². The zero-order chi connectivity index (χ0) is 5.61. The van der Waals surface area contributed by atoms with Gasteiger partial charge in [0.25, 0.3) is 0 Å². The molecule has 0 radical (unpaired) electrons. The largest absolute Gasteiger partial charge is 0.226 e. The minimum Gasteiger partial charge on any atom is -0.226 e. The van der Waals surface area contributed by atoms with Gasteiger partial charge in [-0.1, -0.05) is 0 Å². The van der Waals surface area contributed by atoms with Gasteiger partial charge in [0, 0.05) is 0 Å². The van der Waals surface area contributed by atoms with Gasteiger partial charge in [-0.15, -0.1) is 0 Å². The van der Waals surface area contributed by atoms with Crippen molar-refractivity contribution in [2.24, 2.45) is 10.9 Å². The highest BCUT2D eigenvalue weighted by atomic mass is 32.1. The third kappa shape index (κ3) is 0.378. The fraction of sp³-hybridized carbons (Fsp3) is 0.833. The van der Waals surface area contributed by atoms with Crippen molar-refractivity contribution in [3.05, 3.63) is 0 Å². The standard InChI is InChI=1S/C6H7NS/c8-4-7-6-1-5(2-6)3-6/h5H,1-3H2. The molecule has 3 fully saturated rings. The maximum absolute atomic E-state index is 4.51. The minimum absolute atomic E-state index is 0.326. The third-order valence-electron chi connectivity index (χ3n) is 2.29. The molecule has 0 aromatic carbocycles. The molecular formula is C6H7NS. The Balaban J connectivity index is 2.15. The molecule has 0 spiro atoms. The lowest BCUT2D eigenvalue weighted by Crippen LogP contribution is -2.56. The Morgan fingerprint density at radius 2 is 2.12 bits per heavy atom. The highest BCUT2D eigenvalue weighted by molar-refractivity contribution is 7.78. The summed E-state index contributed by atoms with van der Waals surface area (Å²) in [7, 11) is 0. The number of rotatable bonds is 1.